The third-order valence-corrected chi connectivity index (χ3v) is 5.20. The van der Waals surface area contributed by atoms with Crippen molar-refractivity contribution in [2.75, 3.05) is 32.7 Å². The number of hydrogen-bond acceptors (Lipinski definition) is 5. The molecule has 2 aromatic rings. The number of rotatable bonds is 8. The highest BCUT2D eigenvalue weighted by Crippen LogP contribution is 2.19. The first-order chi connectivity index (χ1) is 15.3. The maximum absolute atomic E-state index is 13.0. The maximum Gasteiger partial charge on any atom is 0.253 e. The van der Waals surface area contributed by atoms with E-state index in [1.54, 1.807) is 41.3 Å². The minimum absolute atomic E-state index is 0.00499. The fourth-order valence-electron chi connectivity index (χ4n) is 3.61. The Morgan fingerprint density at radius 2 is 1.75 bits per heavy atom. The van der Waals surface area contributed by atoms with Crippen molar-refractivity contribution < 1.29 is 19.1 Å². The number of carbonyl (C=O) groups is 3. The summed E-state index contributed by atoms with van der Waals surface area (Å²) in [5, 5.41) is 2.89. The van der Waals surface area contributed by atoms with Crippen molar-refractivity contribution in [2.45, 2.75) is 26.5 Å². The first-order valence-electron chi connectivity index (χ1n) is 10.7. The molecule has 1 fully saturated rings. The van der Waals surface area contributed by atoms with Gasteiger partial charge in [0.2, 0.25) is 5.91 Å². The molecular formula is C24H30N4O4. The number of nitrogens with one attached hydrogen (secondary N) is 1. The topological polar surface area (TPSA) is 105 Å². The van der Waals surface area contributed by atoms with Crippen molar-refractivity contribution >= 4 is 17.7 Å². The summed E-state index contributed by atoms with van der Waals surface area (Å²) in [5.74, 6) is -0.180. The average Bonchev–Trinajstić information content (AvgIpc) is 2.77. The smallest absolute Gasteiger partial charge is 0.253 e. The van der Waals surface area contributed by atoms with Crippen LogP contribution in [0.1, 0.15) is 40.1 Å². The second-order valence-corrected chi connectivity index (χ2v) is 8.14. The molecule has 0 radical (unpaired) electrons. The summed E-state index contributed by atoms with van der Waals surface area (Å²) in [7, 11) is 0. The molecule has 0 aliphatic carbocycles. The van der Waals surface area contributed by atoms with E-state index in [0.717, 1.165) is 5.56 Å². The van der Waals surface area contributed by atoms with E-state index in [4.69, 9.17) is 10.5 Å². The molecule has 1 heterocycles. The molecule has 170 valence electrons. The number of benzene rings is 2. The summed E-state index contributed by atoms with van der Waals surface area (Å²) < 4.78 is 5.77. The van der Waals surface area contributed by atoms with Gasteiger partial charge >= 0.3 is 0 Å². The second-order valence-electron chi connectivity index (χ2n) is 8.14. The number of carbonyl (C=O) groups excluding carboxylic acids is 3. The van der Waals surface area contributed by atoms with Gasteiger partial charge in [0.05, 0.1) is 12.1 Å². The van der Waals surface area contributed by atoms with Crippen LogP contribution in [0.3, 0.4) is 0 Å². The molecule has 3 rings (SSSR count). The molecule has 8 heteroatoms. The third kappa shape index (κ3) is 6.31. The van der Waals surface area contributed by atoms with Crippen LogP contribution in [0.5, 0.6) is 5.75 Å². The van der Waals surface area contributed by atoms with Gasteiger partial charge in [-0.05, 0) is 43.7 Å². The molecule has 0 spiro atoms. The fourth-order valence-corrected chi connectivity index (χ4v) is 3.61. The van der Waals surface area contributed by atoms with Crippen LogP contribution >= 0.6 is 0 Å². The van der Waals surface area contributed by atoms with Gasteiger partial charge in [0.1, 0.15) is 12.4 Å². The monoisotopic (exact) mass is 438 g/mol. The number of para-hydroxylation sites is 1. The van der Waals surface area contributed by atoms with E-state index in [1.165, 1.54) is 0 Å². The Hall–Kier alpha value is -3.39. The SMILES string of the molecule is CC(C)NC(=O)CN1CCN(C(=O)c2cccc(COc3ccccc3C(N)=O)c2)CC1. The summed E-state index contributed by atoms with van der Waals surface area (Å²) in [5.41, 5.74) is 7.11. The molecule has 1 saturated heterocycles. The molecule has 0 atom stereocenters. The highest BCUT2D eigenvalue weighted by molar-refractivity contribution is 5.95. The zero-order chi connectivity index (χ0) is 23.1. The standard InChI is InChI=1S/C24H30N4O4/c1-17(2)26-22(29)15-27-10-12-28(13-11-27)24(31)19-7-5-6-18(14-19)16-32-21-9-4-3-8-20(21)23(25)30/h3-9,14,17H,10-13,15-16H2,1-2H3,(H2,25,30)(H,26,29). The lowest BCUT2D eigenvalue weighted by Crippen LogP contribution is -2.51. The van der Waals surface area contributed by atoms with Crippen LogP contribution < -0.4 is 15.8 Å². The van der Waals surface area contributed by atoms with Crippen molar-refractivity contribution in [1.82, 2.24) is 15.1 Å². The number of hydrogen-bond donors (Lipinski definition) is 2. The number of amides is 3. The molecule has 0 aromatic heterocycles. The van der Waals surface area contributed by atoms with E-state index in [-0.39, 0.29) is 24.5 Å². The van der Waals surface area contributed by atoms with E-state index in [2.05, 4.69) is 10.2 Å². The third-order valence-electron chi connectivity index (χ3n) is 5.20. The van der Waals surface area contributed by atoms with Crippen LogP contribution in [0, 0.1) is 0 Å². The quantitative estimate of drug-likeness (QED) is 0.652. The van der Waals surface area contributed by atoms with Gasteiger partial charge in [-0.1, -0.05) is 24.3 Å². The van der Waals surface area contributed by atoms with Gasteiger partial charge < -0.3 is 20.7 Å². The molecule has 8 nitrogen and oxygen atoms in total. The predicted molar refractivity (Wildman–Crippen MR) is 121 cm³/mol. The zero-order valence-corrected chi connectivity index (χ0v) is 18.5. The Kier molecular flexibility index (Phi) is 7.83. The Labute approximate surface area is 188 Å². The van der Waals surface area contributed by atoms with Crippen molar-refractivity contribution in [1.29, 1.82) is 0 Å². The highest BCUT2D eigenvalue weighted by atomic mass is 16.5. The first-order valence-corrected chi connectivity index (χ1v) is 10.7. The predicted octanol–water partition coefficient (Wildman–Crippen LogP) is 1.65. The van der Waals surface area contributed by atoms with Gasteiger partial charge in [-0.15, -0.1) is 0 Å². The fraction of sp³-hybridized carbons (Fsp3) is 0.375. The number of primary amides is 1. The number of nitrogens with two attached hydrogens (primary N) is 1. The molecule has 2 aromatic carbocycles. The van der Waals surface area contributed by atoms with Crippen molar-refractivity contribution in [2.24, 2.45) is 5.73 Å². The van der Waals surface area contributed by atoms with Gasteiger partial charge in [0.15, 0.2) is 0 Å². The Balaban J connectivity index is 1.56. The van der Waals surface area contributed by atoms with Crippen LogP contribution in [0.4, 0.5) is 0 Å². The summed E-state index contributed by atoms with van der Waals surface area (Å²) in [6.07, 6.45) is 0. The summed E-state index contributed by atoms with van der Waals surface area (Å²) in [4.78, 5) is 40.3. The van der Waals surface area contributed by atoms with E-state index < -0.39 is 5.91 Å². The molecule has 1 aliphatic heterocycles. The summed E-state index contributed by atoms with van der Waals surface area (Å²) >= 11 is 0. The van der Waals surface area contributed by atoms with E-state index in [1.807, 2.05) is 26.0 Å². The Morgan fingerprint density at radius 1 is 1.03 bits per heavy atom. The molecule has 0 saturated carbocycles. The summed E-state index contributed by atoms with van der Waals surface area (Å²) in [6.45, 7) is 6.88. The van der Waals surface area contributed by atoms with Crippen LogP contribution in [0.2, 0.25) is 0 Å². The first kappa shape index (κ1) is 23.3. The van der Waals surface area contributed by atoms with Crippen molar-refractivity contribution in [3.8, 4) is 5.75 Å². The average molecular weight is 439 g/mol. The van der Waals surface area contributed by atoms with E-state index >= 15 is 0 Å². The van der Waals surface area contributed by atoms with Gasteiger partial charge in [0.25, 0.3) is 11.8 Å². The minimum atomic E-state index is -0.551. The Morgan fingerprint density at radius 3 is 2.44 bits per heavy atom. The summed E-state index contributed by atoms with van der Waals surface area (Å²) in [6, 6.07) is 14.2. The number of ether oxygens (including phenoxy) is 1. The minimum Gasteiger partial charge on any atom is -0.488 e. The van der Waals surface area contributed by atoms with Gasteiger partial charge in [0, 0.05) is 37.8 Å². The van der Waals surface area contributed by atoms with E-state index in [0.29, 0.717) is 49.6 Å². The van der Waals surface area contributed by atoms with E-state index in [9.17, 15) is 14.4 Å². The lowest BCUT2D eigenvalue weighted by Gasteiger charge is -2.34. The normalized spacial score (nSPS) is 14.3. The van der Waals surface area contributed by atoms with Crippen molar-refractivity contribution in [3.63, 3.8) is 0 Å². The van der Waals surface area contributed by atoms with Crippen LogP contribution in [0.25, 0.3) is 0 Å². The number of nitrogens with zero attached hydrogens (tertiary/aromatic N) is 2. The van der Waals surface area contributed by atoms with Crippen LogP contribution in [-0.2, 0) is 11.4 Å². The lowest BCUT2D eigenvalue weighted by molar-refractivity contribution is -0.123. The maximum atomic E-state index is 13.0. The molecule has 1 aliphatic rings. The zero-order valence-electron chi connectivity index (χ0n) is 18.5. The highest BCUT2D eigenvalue weighted by Gasteiger charge is 2.23. The van der Waals surface area contributed by atoms with Crippen LogP contribution in [-0.4, -0.2) is 66.3 Å². The lowest BCUT2D eigenvalue weighted by atomic mass is 10.1. The van der Waals surface area contributed by atoms with Gasteiger partial charge in [-0.2, -0.15) is 0 Å². The molecule has 3 amide bonds. The number of piperazine rings is 1. The second kappa shape index (κ2) is 10.8. The van der Waals surface area contributed by atoms with Crippen LogP contribution in [0.15, 0.2) is 48.5 Å². The van der Waals surface area contributed by atoms with Gasteiger partial charge in [-0.3, -0.25) is 19.3 Å². The van der Waals surface area contributed by atoms with Gasteiger partial charge in [-0.25, -0.2) is 0 Å². The molecule has 0 unspecified atom stereocenters. The largest absolute Gasteiger partial charge is 0.488 e. The molecular weight excluding hydrogens is 408 g/mol. The molecule has 3 N–H and O–H groups in total. The molecule has 32 heavy (non-hydrogen) atoms. The Bertz CT molecular complexity index is 968. The van der Waals surface area contributed by atoms with Crippen molar-refractivity contribution in [3.05, 3.63) is 65.2 Å². The molecule has 0 bridgehead atoms.